The van der Waals surface area contributed by atoms with Crippen molar-refractivity contribution in [2.75, 3.05) is 5.32 Å². The predicted molar refractivity (Wildman–Crippen MR) is 77.3 cm³/mol. The molecule has 0 atom stereocenters. The molecular weight excluding hydrogens is 276 g/mol. The number of carbonyl (C=O) groups is 2. The smallest absolute Gasteiger partial charge is 0.250 e. The molecule has 0 spiro atoms. The van der Waals surface area contributed by atoms with E-state index in [2.05, 4.69) is 10.3 Å². The molecule has 1 aromatic heterocycles. The molecule has 6 nitrogen and oxygen atoms in total. The van der Waals surface area contributed by atoms with E-state index in [1.807, 2.05) is 0 Å². The normalized spacial score (nSPS) is 10.2. The van der Waals surface area contributed by atoms with Gasteiger partial charge in [0, 0.05) is 11.9 Å². The van der Waals surface area contributed by atoms with Gasteiger partial charge in [-0.25, -0.2) is 4.98 Å². The number of benzene rings is 1. The number of amides is 2. The quantitative estimate of drug-likeness (QED) is 0.759. The summed E-state index contributed by atoms with van der Waals surface area (Å²) in [5.74, 6) is -0.840. The Balaban J connectivity index is 2.06. The Morgan fingerprint density at radius 1 is 1.30 bits per heavy atom. The van der Waals surface area contributed by atoms with Crippen molar-refractivity contribution in [1.29, 1.82) is 0 Å². The van der Waals surface area contributed by atoms with E-state index in [1.54, 1.807) is 29.6 Å². The third-order valence-electron chi connectivity index (χ3n) is 2.58. The SMILES string of the molecule is NCc1nc(CC(=O)Nc2ccccc2C(N)=O)cs1. The maximum Gasteiger partial charge on any atom is 0.250 e. The highest BCUT2D eigenvalue weighted by Crippen LogP contribution is 2.15. The summed E-state index contributed by atoms with van der Waals surface area (Å²) in [6, 6.07) is 6.60. The van der Waals surface area contributed by atoms with E-state index in [1.165, 1.54) is 11.3 Å². The van der Waals surface area contributed by atoms with Gasteiger partial charge in [-0.15, -0.1) is 11.3 Å². The molecule has 0 saturated heterocycles. The fourth-order valence-electron chi connectivity index (χ4n) is 1.69. The van der Waals surface area contributed by atoms with Crippen molar-refractivity contribution in [2.45, 2.75) is 13.0 Å². The fourth-order valence-corrected chi connectivity index (χ4v) is 2.36. The number of anilines is 1. The van der Waals surface area contributed by atoms with Gasteiger partial charge in [-0.3, -0.25) is 9.59 Å². The number of para-hydroxylation sites is 1. The second-order valence-corrected chi connectivity index (χ2v) is 5.01. The highest BCUT2D eigenvalue weighted by atomic mass is 32.1. The van der Waals surface area contributed by atoms with Crippen LogP contribution in [0.4, 0.5) is 5.69 Å². The zero-order chi connectivity index (χ0) is 14.5. The molecule has 0 unspecified atom stereocenters. The van der Waals surface area contributed by atoms with Gasteiger partial charge in [0.1, 0.15) is 5.01 Å². The van der Waals surface area contributed by atoms with Gasteiger partial charge in [0.15, 0.2) is 0 Å². The number of nitrogens with one attached hydrogen (secondary N) is 1. The lowest BCUT2D eigenvalue weighted by Gasteiger charge is -2.07. The minimum Gasteiger partial charge on any atom is -0.366 e. The van der Waals surface area contributed by atoms with Crippen molar-refractivity contribution in [3.63, 3.8) is 0 Å². The Labute approximate surface area is 119 Å². The number of aromatic nitrogens is 1. The van der Waals surface area contributed by atoms with Crippen LogP contribution in [-0.2, 0) is 17.8 Å². The topological polar surface area (TPSA) is 111 Å². The van der Waals surface area contributed by atoms with E-state index in [0.29, 0.717) is 17.9 Å². The average molecular weight is 290 g/mol. The average Bonchev–Trinajstić information content (AvgIpc) is 2.86. The molecule has 0 saturated carbocycles. The molecule has 0 aliphatic carbocycles. The van der Waals surface area contributed by atoms with Crippen LogP contribution in [0.5, 0.6) is 0 Å². The maximum atomic E-state index is 11.9. The van der Waals surface area contributed by atoms with Crippen LogP contribution in [-0.4, -0.2) is 16.8 Å². The van der Waals surface area contributed by atoms with Gasteiger partial charge in [-0.1, -0.05) is 12.1 Å². The second-order valence-electron chi connectivity index (χ2n) is 4.07. The molecule has 0 fully saturated rings. The number of rotatable bonds is 5. The molecule has 7 heteroatoms. The molecule has 0 aliphatic heterocycles. The highest BCUT2D eigenvalue weighted by molar-refractivity contribution is 7.09. The van der Waals surface area contributed by atoms with Crippen LogP contribution in [0.1, 0.15) is 21.1 Å². The third-order valence-corrected chi connectivity index (χ3v) is 3.50. The van der Waals surface area contributed by atoms with E-state index in [-0.39, 0.29) is 17.9 Å². The van der Waals surface area contributed by atoms with E-state index in [4.69, 9.17) is 11.5 Å². The Bertz CT molecular complexity index is 639. The van der Waals surface area contributed by atoms with Gasteiger partial charge >= 0.3 is 0 Å². The summed E-state index contributed by atoms with van der Waals surface area (Å²) < 4.78 is 0. The number of hydrogen-bond acceptors (Lipinski definition) is 5. The number of hydrogen-bond donors (Lipinski definition) is 3. The largest absolute Gasteiger partial charge is 0.366 e. The Morgan fingerprint density at radius 2 is 2.05 bits per heavy atom. The lowest BCUT2D eigenvalue weighted by Crippen LogP contribution is -2.19. The summed E-state index contributed by atoms with van der Waals surface area (Å²) >= 11 is 1.42. The van der Waals surface area contributed by atoms with E-state index < -0.39 is 5.91 Å². The van der Waals surface area contributed by atoms with Gasteiger partial charge < -0.3 is 16.8 Å². The van der Waals surface area contributed by atoms with Crippen molar-refractivity contribution in [2.24, 2.45) is 11.5 Å². The summed E-state index contributed by atoms with van der Waals surface area (Å²) in [6.07, 6.45) is 0.129. The zero-order valence-corrected chi connectivity index (χ0v) is 11.4. The van der Waals surface area contributed by atoms with Crippen molar-refractivity contribution < 1.29 is 9.59 Å². The van der Waals surface area contributed by atoms with Gasteiger partial charge in [0.2, 0.25) is 5.91 Å². The first-order valence-corrected chi connectivity index (χ1v) is 6.80. The predicted octanol–water partition coefficient (Wildman–Crippen LogP) is 0.882. The number of primary amides is 1. The third kappa shape index (κ3) is 3.40. The summed E-state index contributed by atoms with van der Waals surface area (Å²) in [5.41, 5.74) is 12.1. The molecule has 0 radical (unpaired) electrons. The van der Waals surface area contributed by atoms with Crippen LogP contribution in [0.3, 0.4) is 0 Å². The number of carbonyl (C=O) groups excluding carboxylic acids is 2. The van der Waals surface area contributed by atoms with Crippen LogP contribution in [0.25, 0.3) is 0 Å². The molecular formula is C13H14N4O2S. The minimum atomic E-state index is -0.583. The van der Waals surface area contributed by atoms with E-state index in [0.717, 1.165) is 5.01 Å². The molecule has 5 N–H and O–H groups in total. The zero-order valence-electron chi connectivity index (χ0n) is 10.6. The summed E-state index contributed by atoms with van der Waals surface area (Å²) in [7, 11) is 0. The first-order chi connectivity index (χ1) is 9.60. The molecule has 0 bridgehead atoms. The van der Waals surface area contributed by atoms with Crippen molar-refractivity contribution in [3.8, 4) is 0 Å². The van der Waals surface area contributed by atoms with E-state index in [9.17, 15) is 9.59 Å². The van der Waals surface area contributed by atoms with E-state index >= 15 is 0 Å². The van der Waals surface area contributed by atoms with Crippen LogP contribution in [0.15, 0.2) is 29.6 Å². The molecule has 0 aliphatic rings. The van der Waals surface area contributed by atoms with Crippen LogP contribution in [0.2, 0.25) is 0 Å². The Hall–Kier alpha value is -2.25. The molecule has 2 amide bonds. The maximum absolute atomic E-state index is 11.9. The first-order valence-electron chi connectivity index (χ1n) is 5.92. The molecule has 2 aromatic rings. The summed E-state index contributed by atoms with van der Waals surface area (Å²) in [6.45, 7) is 0.358. The number of nitrogens with two attached hydrogens (primary N) is 2. The van der Waals surface area contributed by atoms with Gasteiger partial charge in [-0.05, 0) is 12.1 Å². The first kappa shape index (κ1) is 14.2. The fraction of sp³-hybridized carbons (Fsp3) is 0.154. The van der Waals surface area contributed by atoms with Gasteiger partial charge in [0.05, 0.1) is 23.4 Å². The van der Waals surface area contributed by atoms with Crippen LogP contribution < -0.4 is 16.8 Å². The number of nitrogens with zero attached hydrogens (tertiary/aromatic N) is 1. The standard InChI is InChI=1S/C13H14N4O2S/c14-6-12-16-8(7-20-12)5-11(18)17-10-4-2-1-3-9(10)13(15)19/h1-4,7H,5-6,14H2,(H2,15,19)(H,17,18). The number of thiazole rings is 1. The molecule has 20 heavy (non-hydrogen) atoms. The lowest BCUT2D eigenvalue weighted by atomic mass is 10.1. The molecule has 1 heterocycles. The second kappa shape index (κ2) is 6.27. The van der Waals surface area contributed by atoms with Gasteiger partial charge in [-0.2, -0.15) is 0 Å². The Morgan fingerprint density at radius 3 is 2.70 bits per heavy atom. The van der Waals surface area contributed by atoms with Crippen molar-refractivity contribution >= 4 is 28.8 Å². The Kier molecular flexibility index (Phi) is 4.44. The van der Waals surface area contributed by atoms with Crippen molar-refractivity contribution in [3.05, 3.63) is 45.9 Å². The van der Waals surface area contributed by atoms with Crippen LogP contribution in [0, 0.1) is 0 Å². The van der Waals surface area contributed by atoms with Gasteiger partial charge in [0.25, 0.3) is 5.91 Å². The molecule has 104 valence electrons. The summed E-state index contributed by atoms with van der Waals surface area (Å²) in [4.78, 5) is 27.4. The molecule has 2 rings (SSSR count). The highest BCUT2D eigenvalue weighted by Gasteiger charge is 2.12. The monoisotopic (exact) mass is 290 g/mol. The summed E-state index contributed by atoms with van der Waals surface area (Å²) in [5, 5.41) is 5.24. The lowest BCUT2D eigenvalue weighted by molar-refractivity contribution is -0.115. The molecule has 1 aromatic carbocycles. The van der Waals surface area contributed by atoms with Crippen molar-refractivity contribution in [1.82, 2.24) is 4.98 Å². The minimum absolute atomic E-state index is 0.129. The van der Waals surface area contributed by atoms with Crippen LogP contribution >= 0.6 is 11.3 Å².